The zero-order chi connectivity index (χ0) is 20.1. The number of hydrogen-bond donors (Lipinski definition) is 4. The molecule has 160 valence electrons. The molecule has 1 aliphatic heterocycles. The molecule has 0 bridgehead atoms. The van der Waals surface area contributed by atoms with E-state index in [-0.39, 0.29) is 6.42 Å². The number of aliphatic hydroxyl groups is 3. The Morgan fingerprint density at radius 2 is 1.48 bits per heavy atom. The van der Waals surface area contributed by atoms with Gasteiger partial charge in [0, 0.05) is 6.42 Å². The van der Waals surface area contributed by atoms with Gasteiger partial charge in [-0.25, -0.2) is 0 Å². The van der Waals surface area contributed by atoms with Crippen molar-refractivity contribution in [2.75, 3.05) is 6.61 Å². The van der Waals surface area contributed by atoms with Gasteiger partial charge < -0.3 is 30.5 Å². The van der Waals surface area contributed by atoms with Gasteiger partial charge in [-0.15, -0.1) is 0 Å². The SMILES string of the molecule is CCCCCCCCCCCCCC(=O)O[C@@H]1[C@@H](N)[C@@H](O)O[C@H](CO)[C@H]1O. The zero-order valence-electron chi connectivity index (χ0n) is 16.7. The fraction of sp³-hybridized carbons (Fsp3) is 0.950. The molecule has 5 atom stereocenters. The molecule has 7 nitrogen and oxygen atoms in total. The van der Waals surface area contributed by atoms with Gasteiger partial charge in [0.15, 0.2) is 12.4 Å². The summed E-state index contributed by atoms with van der Waals surface area (Å²) in [4.78, 5) is 12.0. The van der Waals surface area contributed by atoms with Crippen LogP contribution in [0.25, 0.3) is 0 Å². The summed E-state index contributed by atoms with van der Waals surface area (Å²) in [5.41, 5.74) is 5.75. The van der Waals surface area contributed by atoms with Crippen LogP contribution < -0.4 is 5.73 Å². The first-order chi connectivity index (χ1) is 13.0. The highest BCUT2D eigenvalue weighted by Gasteiger charge is 2.44. The molecule has 27 heavy (non-hydrogen) atoms. The van der Waals surface area contributed by atoms with E-state index in [1.165, 1.54) is 51.4 Å². The van der Waals surface area contributed by atoms with E-state index in [1.54, 1.807) is 0 Å². The summed E-state index contributed by atoms with van der Waals surface area (Å²) in [6.45, 7) is 1.74. The van der Waals surface area contributed by atoms with Crippen LogP contribution in [-0.2, 0) is 14.3 Å². The molecule has 0 aromatic heterocycles. The van der Waals surface area contributed by atoms with Gasteiger partial charge in [0.1, 0.15) is 12.2 Å². The minimum atomic E-state index is -1.38. The number of ether oxygens (including phenoxy) is 2. The van der Waals surface area contributed by atoms with E-state index >= 15 is 0 Å². The van der Waals surface area contributed by atoms with Crippen molar-refractivity contribution in [2.24, 2.45) is 5.73 Å². The summed E-state index contributed by atoms with van der Waals surface area (Å²) >= 11 is 0. The summed E-state index contributed by atoms with van der Waals surface area (Å²) in [5, 5.41) is 28.9. The topological polar surface area (TPSA) is 122 Å². The van der Waals surface area contributed by atoms with Crippen molar-refractivity contribution in [3.05, 3.63) is 0 Å². The Morgan fingerprint density at radius 1 is 0.963 bits per heavy atom. The normalized spacial score (nSPS) is 28.3. The molecule has 1 fully saturated rings. The molecule has 1 aliphatic rings. The lowest BCUT2D eigenvalue weighted by atomic mass is 9.97. The van der Waals surface area contributed by atoms with Crippen LogP contribution in [0.15, 0.2) is 0 Å². The number of nitrogens with two attached hydrogens (primary N) is 1. The molecule has 0 spiro atoms. The second kappa shape index (κ2) is 14.3. The molecule has 0 unspecified atom stereocenters. The molecule has 0 aliphatic carbocycles. The van der Waals surface area contributed by atoms with Crippen LogP contribution in [0.4, 0.5) is 0 Å². The van der Waals surface area contributed by atoms with Crippen molar-refractivity contribution in [1.82, 2.24) is 0 Å². The lowest BCUT2D eigenvalue weighted by molar-refractivity contribution is -0.254. The first-order valence-corrected chi connectivity index (χ1v) is 10.6. The molecular formula is C20H39NO6. The van der Waals surface area contributed by atoms with Crippen LogP contribution in [0.2, 0.25) is 0 Å². The van der Waals surface area contributed by atoms with Gasteiger partial charge in [-0.2, -0.15) is 0 Å². The van der Waals surface area contributed by atoms with E-state index in [9.17, 15) is 15.0 Å². The Morgan fingerprint density at radius 3 is 2.00 bits per heavy atom. The largest absolute Gasteiger partial charge is 0.458 e. The standard InChI is InChI=1S/C20H39NO6/c1-2-3-4-5-6-7-8-9-10-11-12-13-16(23)27-19-17(21)20(25)26-15(14-22)18(19)24/h15,17-20,22,24-25H,2-14,21H2,1H3/t15-,17-,18-,19-,20+/m1/s1. The number of hydrogen-bond acceptors (Lipinski definition) is 7. The van der Waals surface area contributed by atoms with Crippen molar-refractivity contribution in [3.8, 4) is 0 Å². The van der Waals surface area contributed by atoms with Crippen molar-refractivity contribution in [3.63, 3.8) is 0 Å². The van der Waals surface area contributed by atoms with E-state index in [2.05, 4.69) is 6.92 Å². The number of rotatable bonds is 14. The van der Waals surface area contributed by atoms with Crippen LogP contribution in [0.1, 0.15) is 84.0 Å². The molecule has 0 saturated carbocycles. The third-order valence-electron chi connectivity index (χ3n) is 5.17. The van der Waals surface area contributed by atoms with Crippen molar-refractivity contribution >= 4 is 5.97 Å². The average Bonchev–Trinajstić information content (AvgIpc) is 2.66. The third-order valence-corrected chi connectivity index (χ3v) is 5.17. The van der Waals surface area contributed by atoms with Gasteiger partial charge in [-0.3, -0.25) is 4.79 Å². The average molecular weight is 390 g/mol. The van der Waals surface area contributed by atoms with E-state index in [0.717, 1.165) is 19.3 Å². The van der Waals surface area contributed by atoms with E-state index < -0.39 is 43.2 Å². The molecule has 5 N–H and O–H groups in total. The Balaban J connectivity index is 2.09. The Bertz CT molecular complexity index is 395. The highest BCUT2D eigenvalue weighted by atomic mass is 16.6. The predicted octanol–water partition coefficient (Wildman–Crippen LogP) is 2.00. The fourth-order valence-electron chi connectivity index (χ4n) is 3.40. The summed E-state index contributed by atoms with van der Waals surface area (Å²) < 4.78 is 10.2. The molecule has 7 heteroatoms. The maximum atomic E-state index is 12.0. The molecule has 1 heterocycles. The maximum absolute atomic E-state index is 12.0. The second-order valence-corrected chi connectivity index (χ2v) is 7.56. The van der Waals surface area contributed by atoms with Gasteiger partial charge in [0.05, 0.1) is 12.6 Å². The molecule has 1 rings (SSSR count). The maximum Gasteiger partial charge on any atom is 0.306 e. The number of esters is 1. The van der Waals surface area contributed by atoms with Crippen LogP contribution in [0, 0.1) is 0 Å². The first kappa shape index (κ1) is 24.3. The van der Waals surface area contributed by atoms with Gasteiger partial charge in [0.25, 0.3) is 0 Å². The highest BCUT2D eigenvalue weighted by molar-refractivity contribution is 5.69. The number of carbonyl (C=O) groups excluding carboxylic acids is 1. The Kier molecular flexibility index (Phi) is 12.9. The second-order valence-electron chi connectivity index (χ2n) is 7.56. The first-order valence-electron chi connectivity index (χ1n) is 10.6. The molecular weight excluding hydrogens is 350 g/mol. The molecule has 0 aromatic carbocycles. The van der Waals surface area contributed by atoms with Gasteiger partial charge in [-0.05, 0) is 6.42 Å². The van der Waals surface area contributed by atoms with E-state index in [0.29, 0.717) is 0 Å². The highest BCUT2D eigenvalue weighted by Crippen LogP contribution is 2.22. The van der Waals surface area contributed by atoms with Crippen molar-refractivity contribution in [2.45, 2.75) is 115 Å². The smallest absolute Gasteiger partial charge is 0.306 e. The Labute approximate surface area is 163 Å². The third kappa shape index (κ3) is 9.34. The molecule has 0 amide bonds. The zero-order valence-corrected chi connectivity index (χ0v) is 16.7. The van der Waals surface area contributed by atoms with E-state index in [4.69, 9.17) is 20.3 Å². The molecule has 1 saturated heterocycles. The Hall–Kier alpha value is -0.730. The minimum Gasteiger partial charge on any atom is -0.458 e. The summed E-state index contributed by atoms with van der Waals surface area (Å²) in [7, 11) is 0. The van der Waals surface area contributed by atoms with Crippen molar-refractivity contribution in [1.29, 1.82) is 0 Å². The van der Waals surface area contributed by atoms with E-state index in [1.807, 2.05) is 0 Å². The predicted molar refractivity (Wildman–Crippen MR) is 103 cm³/mol. The van der Waals surface area contributed by atoms with Crippen LogP contribution in [0.3, 0.4) is 0 Å². The lowest BCUT2D eigenvalue weighted by Gasteiger charge is -2.40. The summed E-state index contributed by atoms with van der Waals surface area (Å²) in [6, 6.07) is -1.04. The van der Waals surface area contributed by atoms with Crippen molar-refractivity contribution < 1.29 is 29.6 Å². The summed E-state index contributed by atoms with van der Waals surface area (Å²) in [6.07, 6.45) is 8.69. The van der Waals surface area contributed by atoms with Crippen LogP contribution >= 0.6 is 0 Å². The molecule has 0 aromatic rings. The summed E-state index contributed by atoms with van der Waals surface area (Å²) in [5.74, 6) is -0.448. The quantitative estimate of drug-likeness (QED) is 0.265. The van der Waals surface area contributed by atoms with Crippen LogP contribution in [-0.4, -0.2) is 58.5 Å². The van der Waals surface area contributed by atoms with Gasteiger partial charge in [-0.1, -0.05) is 71.1 Å². The lowest BCUT2D eigenvalue weighted by Crippen LogP contribution is -2.63. The minimum absolute atomic E-state index is 0.258. The van der Waals surface area contributed by atoms with Crippen LogP contribution in [0.5, 0.6) is 0 Å². The molecule has 0 radical (unpaired) electrons. The number of carbonyl (C=O) groups is 1. The van der Waals surface area contributed by atoms with Gasteiger partial charge in [0.2, 0.25) is 0 Å². The number of aliphatic hydroxyl groups excluding tert-OH is 3. The van der Waals surface area contributed by atoms with Gasteiger partial charge >= 0.3 is 5.97 Å². The monoisotopic (exact) mass is 389 g/mol. The number of unbranched alkanes of at least 4 members (excludes halogenated alkanes) is 10. The fourth-order valence-corrected chi connectivity index (χ4v) is 3.40.